The molecule has 0 saturated carbocycles. The number of carbonyl (C=O) groups excluding carboxylic acids is 1. The number of benzene rings is 1. The molecule has 5 nitrogen and oxygen atoms in total. The van der Waals surface area contributed by atoms with Gasteiger partial charge in [0.2, 0.25) is 5.91 Å². The maximum atomic E-state index is 11.7. The number of rotatable bonds is 7. The average Bonchev–Trinajstić information content (AvgIpc) is 2.56. The van der Waals surface area contributed by atoms with Crippen molar-refractivity contribution in [2.75, 3.05) is 40.4 Å². The number of ether oxygens (including phenoxy) is 1. The highest BCUT2D eigenvalue weighted by Gasteiger charge is 2.10. The Bertz CT molecular complexity index is 455. The van der Waals surface area contributed by atoms with Gasteiger partial charge in [-0.05, 0) is 43.6 Å². The largest absolute Gasteiger partial charge is 0.492 e. The molecule has 0 bridgehead atoms. The van der Waals surface area contributed by atoms with Gasteiger partial charge in [0.15, 0.2) is 0 Å². The third-order valence-corrected chi connectivity index (χ3v) is 4.03. The lowest BCUT2D eigenvalue weighted by Crippen LogP contribution is -2.33. The van der Waals surface area contributed by atoms with E-state index in [-0.39, 0.29) is 5.91 Å². The third-order valence-electron chi connectivity index (χ3n) is 4.03. The number of carbonyl (C=O) groups is 1. The topological polar surface area (TPSA) is 42.0 Å². The van der Waals surface area contributed by atoms with Gasteiger partial charge in [-0.25, -0.2) is 5.06 Å². The second-order valence-corrected chi connectivity index (χ2v) is 5.65. The summed E-state index contributed by atoms with van der Waals surface area (Å²) in [5.74, 6) is 0.787. The van der Waals surface area contributed by atoms with E-state index in [0.29, 0.717) is 13.0 Å². The van der Waals surface area contributed by atoms with Gasteiger partial charge in [0.1, 0.15) is 12.4 Å². The zero-order valence-electron chi connectivity index (χ0n) is 13.6. The Hall–Kier alpha value is -1.59. The molecule has 0 aliphatic carbocycles. The van der Waals surface area contributed by atoms with Crippen molar-refractivity contribution < 1.29 is 14.4 Å². The van der Waals surface area contributed by atoms with Crippen LogP contribution in [0.4, 0.5) is 0 Å². The molecule has 0 spiro atoms. The first-order valence-electron chi connectivity index (χ1n) is 7.94. The van der Waals surface area contributed by atoms with Crippen LogP contribution in [0.15, 0.2) is 24.3 Å². The number of nitrogens with zero attached hydrogens (tertiary/aromatic N) is 2. The Labute approximate surface area is 132 Å². The van der Waals surface area contributed by atoms with Crippen molar-refractivity contribution in [3.05, 3.63) is 29.8 Å². The van der Waals surface area contributed by atoms with Crippen LogP contribution in [-0.4, -0.2) is 56.3 Å². The fourth-order valence-electron chi connectivity index (χ4n) is 2.57. The number of likely N-dealkylation sites (N-methyl/N-ethyl adjacent to an activating group) is 1. The highest BCUT2D eigenvalue weighted by atomic mass is 16.7. The fraction of sp³-hybridized carbons (Fsp3) is 0.588. The molecule has 1 heterocycles. The molecule has 0 radical (unpaired) electrons. The molecule has 1 aliphatic rings. The predicted octanol–water partition coefficient (Wildman–Crippen LogP) is 2.11. The van der Waals surface area contributed by atoms with Gasteiger partial charge < -0.3 is 4.74 Å². The Morgan fingerprint density at radius 2 is 1.86 bits per heavy atom. The summed E-state index contributed by atoms with van der Waals surface area (Å²) >= 11 is 0. The van der Waals surface area contributed by atoms with Crippen molar-refractivity contribution in [2.24, 2.45) is 0 Å². The van der Waals surface area contributed by atoms with Gasteiger partial charge in [0.25, 0.3) is 0 Å². The van der Waals surface area contributed by atoms with Gasteiger partial charge in [0, 0.05) is 13.6 Å². The first kappa shape index (κ1) is 16.8. The van der Waals surface area contributed by atoms with E-state index in [4.69, 9.17) is 9.57 Å². The van der Waals surface area contributed by atoms with E-state index in [2.05, 4.69) is 4.90 Å². The molecule has 5 heteroatoms. The fourth-order valence-corrected chi connectivity index (χ4v) is 2.57. The zero-order valence-corrected chi connectivity index (χ0v) is 13.6. The van der Waals surface area contributed by atoms with Crippen molar-refractivity contribution in [1.82, 2.24) is 9.96 Å². The van der Waals surface area contributed by atoms with Gasteiger partial charge in [-0.15, -0.1) is 0 Å². The van der Waals surface area contributed by atoms with Crippen molar-refractivity contribution in [1.29, 1.82) is 0 Å². The van der Waals surface area contributed by atoms with Crippen molar-refractivity contribution >= 4 is 5.91 Å². The Balaban J connectivity index is 1.73. The van der Waals surface area contributed by atoms with E-state index in [0.717, 1.165) is 17.9 Å². The molecular formula is C17H26N2O3. The molecule has 1 aliphatic heterocycles. The summed E-state index contributed by atoms with van der Waals surface area (Å²) < 4.78 is 5.78. The van der Waals surface area contributed by atoms with Crippen LogP contribution in [0, 0.1) is 0 Å². The summed E-state index contributed by atoms with van der Waals surface area (Å²) in [5, 5.41) is 1.24. The van der Waals surface area contributed by atoms with Gasteiger partial charge in [0.05, 0.1) is 13.5 Å². The van der Waals surface area contributed by atoms with Crippen LogP contribution in [0.5, 0.6) is 5.75 Å². The number of hydrogen-bond donors (Lipinski definition) is 0. The lowest BCUT2D eigenvalue weighted by Gasteiger charge is -2.26. The molecule has 0 N–H and O–H groups in total. The first-order valence-corrected chi connectivity index (χ1v) is 7.94. The Morgan fingerprint density at radius 1 is 1.18 bits per heavy atom. The van der Waals surface area contributed by atoms with Crippen LogP contribution in [0.25, 0.3) is 0 Å². The number of likely N-dealkylation sites (tertiary alicyclic amines) is 1. The van der Waals surface area contributed by atoms with Crippen molar-refractivity contribution in [3.63, 3.8) is 0 Å². The van der Waals surface area contributed by atoms with Crippen LogP contribution >= 0.6 is 0 Å². The standard InChI is InChI=1S/C17H26N2O3/c1-18(21-2)17(20)14-15-6-8-16(9-7-15)22-13-12-19-10-4-3-5-11-19/h6-9H,3-5,10-14H2,1-2H3. The van der Waals surface area contributed by atoms with E-state index < -0.39 is 0 Å². The van der Waals surface area contributed by atoms with Gasteiger partial charge in [-0.1, -0.05) is 18.6 Å². The molecule has 1 saturated heterocycles. The quantitative estimate of drug-likeness (QED) is 0.724. The van der Waals surface area contributed by atoms with Crippen LogP contribution in [0.3, 0.4) is 0 Å². The molecule has 1 amide bonds. The summed E-state index contributed by atoms with van der Waals surface area (Å²) in [4.78, 5) is 19.1. The maximum Gasteiger partial charge on any atom is 0.250 e. The summed E-state index contributed by atoms with van der Waals surface area (Å²) in [6.07, 6.45) is 4.30. The third kappa shape index (κ3) is 5.31. The summed E-state index contributed by atoms with van der Waals surface area (Å²) in [6, 6.07) is 7.70. The van der Waals surface area contributed by atoms with E-state index in [1.807, 2.05) is 24.3 Å². The van der Waals surface area contributed by atoms with Crippen LogP contribution < -0.4 is 4.74 Å². The van der Waals surface area contributed by atoms with E-state index in [9.17, 15) is 4.79 Å². The van der Waals surface area contributed by atoms with Crippen molar-refractivity contribution in [2.45, 2.75) is 25.7 Å². The van der Waals surface area contributed by atoms with Gasteiger partial charge >= 0.3 is 0 Å². The summed E-state index contributed by atoms with van der Waals surface area (Å²) in [6.45, 7) is 4.08. The Kier molecular flexibility index (Phi) is 6.68. The molecule has 1 fully saturated rings. The molecule has 1 aromatic rings. The summed E-state index contributed by atoms with van der Waals surface area (Å²) in [7, 11) is 3.09. The molecule has 1 aromatic carbocycles. The van der Waals surface area contributed by atoms with Crippen LogP contribution in [0.1, 0.15) is 24.8 Å². The predicted molar refractivity (Wildman–Crippen MR) is 85.7 cm³/mol. The minimum absolute atomic E-state index is 0.0683. The lowest BCUT2D eigenvalue weighted by atomic mass is 10.1. The second kappa shape index (κ2) is 8.76. The highest BCUT2D eigenvalue weighted by Crippen LogP contribution is 2.14. The van der Waals surface area contributed by atoms with E-state index in [1.165, 1.54) is 44.5 Å². The first-order chi connectivity index (χ1) is 10.7. The Morgan fingerprint density at radius 3 is 2.50 bits per heavy atom. The normalized spacial score (nSPS) is 15.5. The number of amides is 1. The minimum Gasteiger partial charge on any atom is -0.492 e. The monoisotopic (exact) mass is 306 g/mol. The van der Waals surface area contributed by atoms with Crippen LogP contribution in [-0.2, 0) is 16.1 Å². The second-order valence-electron chi connectivity index (χ2n) is 5.65. The molecule has 122 valence electrons. The lowest BCUT2D eigenvalue weighted by molar-refractivity contribution is -0.167. The molecule has 22 heavy (non-hydrogen) atoms. The van der Waals surface area contributed by atoms with Crippen LogP contribution in [0.2, 0.25) is 0 Å². The van der Waals surface area contributed by atoms with Gasteiger partial charge in [-0.3, -0.25) is 14.5 Å². The van der Waals surface area contributed by atoms with Gasteiger partial charge in [-0.2, -0.15) is 0 Å². The number of hydroxylamine groups is 2. The molecule has 0 aromatic heterocycles. The molecular weight excluding hydrogens is 280 g/mol. The molecule has 2 rings (SSSR count). The molecule has 0 atom stereocenters. The average molecular weight is 306 g/mol. The maximum absolute atomic E-state index is 11.7. The number of piperidine rings is 1. The zero-order chi connectivity index (χ0) is 15.8. The van der Waals surface area contributed by atoms with E-state index in [1.54, 1.807) is 7.05 Å². The summed E-state index contributed by atoms with van der Waals surface area (Å²) in [5.41, 5.74) is 0.956. The van der Waals surface area contributed by atoms with E-state index >= 15 is 0 Å². The SMILES string of the molecule is CON(C)C(=O)Cc1ccc(OCCN2CCCCC2)cc1. The molecule has 0 unspecified atom stereocenters. The van der Waals surface area contributed by atoms with Crippen molar-refractivity contribution in [3.8, 4) is 5.75 Å². The minimum atomic E-state index is -0.0683. The number of hydrogen-bond acceptors (Lipinski definition) is 4. The highest BCUT2D eigenvalue weighted by molar-refractivity contribution is 5.77. The smallest absolute Gasteiger partial charge is 0.250 e.